The zero-order valence-electron chi connectivity index (χ0n) is 17.5. The number of nitrogens with zero attached hydrogens (tertiary/aromatic N) is 1. The van der Waals surface area contributed by atoms with E-state index in [1.807, 2.05) is 18.2 Å². The van der Waals surface area contributed by atoms with Gasteiger partial charge in [-0.25, -0.2) is 4.79 Å². The van der Waals surface area contributed by atoms with Gasteiger partial charge in [-0.3, -0.25) is 4.79 Å². The Morgan fingerprint density at radius 1 is 1.00 bits per heavy atom. The summed E-state index contributed by atoms with van der Waals surface area (Å²) in [6.07, 6.45) is 2.80. The van der Waals surface area contributed by atoms with Crippen molar-refractivity contribution in [2.45, 2.75) is 31.7 Å². The predicted octanol–water partition coefficient (Wildman–Crippen LogP) is 4.79. The number of halogens is 2. The van der Waals surface area contributed by atoms with Crippen LogP contribution in [0.15, 0.2) is 36.4 Å². The van der Waals surface area contributed by atoms with Crippen LogP contribution in [0.2, 0.25) is 10.0 Å². The molecule has 8 heteroatoms. The molecule has 0 spiro atoms. The van der Waals surface area contributed by atoms with Gasteiger partial charge in [0.15, 0.2) is 11.5 Å². The third kappa shape index (κ3) is 5.63. The Balaban J connectivity index is 1.62. The van der Waals surface area contributed by atoms with E-state index in [9.17, 15) is 9.59 Å². The fourth-order valence-electron chi connectivity index (χ4n) is 3.62. The Morgan fingerprint density at radius 2 is 1.77 bits per heavy atom. The predicted molar refractivity (Wildman–Crippen MR) is 119 cm³/mol. The van der Waals surface area contributed by atoms with Crippen molar-refractivity contribution in [1.82, 2.24) is 4.90 Å². The zero-order chi connectivity index (χ0) is 22.4. The van der Waals surface area contributed by atoms with Crippen molar-refractivity contribution in [2.75, 3.05) is 27.4 Å². The van der Waals surface area contributed by atoms with Crippen molar-refractivity contribution in [3.8, 4) is 11.5 Å². The van der Waals surface area contributed by atoms with Crippen molar-refractivity contribution in [3.05, 3.63) is 57.6 Å². The van der Waals surface area contributed by atoms with Gasteiger partial charge in [0.25, 0.3) is 5.91 Å². The molecule has 1 atom stereocenters. The van der Waals surface area contributed by atoms with Gasteiger partial charge in [-0.15, -0.1) is 0 Å². The number of ether oxygens (including phenoxy) is 3. The Morgan fingerprint density at radius 3 is 2.48 bits per heavy atom. The lowest BCUT2D eigenvalue weighted by Gasteiger charge is -2.34. The second-order valence-corrected chi connectivity index (χ2v) is 8.06. The Bertz CT molecular complexity index is 950. The summed E-state index contributed by atoms with van der Waals surface area (Å²) >= 11 is 12.0. The van der Waals surface area contributed by atoms with E-state index < -0.39 is 12.0 Å². The van der Waals surface area contributed by atoms with E-state index in [1.54, 1.807) is 31.3 Å². The molecule has 2 aromatic carbocycles. The highest BCUT2D eigenvalue weighted by Crippen LogP contribution is 2.28. The second kappa shape index (κ2) is 10.7. The van der Waals surface area contributed by atoms with Crippen LogP contribution >= 0.6 is 23.2 Å². The molecular weight excluding hydrogens is 441 g/mol. The van der Waals surface area contributed by atoms with Crippen LogP contribution in [0.25, 0.3) is 0 Å². The van der Waals surface area contributed by atoms with Crippen molar-refractivity contribution in [1.29, 1.82) is 0 Å². The number of piperidine rings is 1. The van der Waals surface area contributed by atoms with E-state index in [2.05, 4.69) is 0 Å². The molecule has 0 N–H and O–H groups in total. The Kier molecular flexibility index (Phi) is 8.04. The molecule has 1 unspecified atom stereocenters. The largest absolute Gasteiger partial charge is 0.493 e. The van der Waals surface area contributed by atoms with E-state index in [1.165, 1.54) is 6.07 Å². The molecule has 6 nitrogen and oxygen atoms in total. The first-order valence-electron chi connectivity index (χ1n) is 10.1. The quantitative estimate of drug-likeness (QED) is 0.549. The minimum atomic E-state index is -0.610. The summed E-state index contributed by atoms with van der Waals surface area (Å²) in [6, 6.07) is 9.68. The van der Waals surface area contributed by atoms with Crippen molar-refractivity contribution >= 4 is 35.1 Å². The number of amides is 1. The summed E-state index contributed by atoms with van der Waals surface area (Å²) in [5.41, 5.74) is 1.36. The number of methoxy groups -OCH3 is 2. The lowest BCUT2D eigenvalue weighted by Crippen LogP contribution is -2.48. The van der Waals surface area contributed by atoms with Crippen LogP contribution in [0.1, 0.15) is 35.2 Å². The molecule has 1 fully saturated rings. The number of hydrogen-bond acceptors (Lipinski definition) is 5. The molecule has 1 heterocycles. The van der Waals surface area contributed by atoms with Crippen LogP contribution in [-0.2, 0) is 16.0 Å². The fraction of sp³-hybridized carbons (Fsp3) is 0.391. The second-order valence-electron chi connectivity index (χ2n) is 7.25. The average Bonchev–Trinajstić information content (AvgIpc) is 2.80. The van der Waals surface area contributed by atoms with Crippen molar-refractivity contribution in [2.24, 2.45) is 0 Å². The molecule has 3 rings (SSSR count). The van der Waals surface area contributed by atoms with Gasteiger partial charge in [-0.2, -0.15) is 0 Å². The van der Waals surface area contributed by atoms with Crippen LogP contribution in [-0.4, -0.2) is 50.2 Å². The van der Waals surface area contributed by atoms with Crippen molar-refractivity contribution < 1.29 is 23.8 Å². The van der Waals surface area contributed by atoms with E-state index >= 15 is 0 Å². The molecule has 31 heavy (non-hydrogen) atoms. The number of rotatable bonds is 7. The van der Waals surface area contributed by atoms with Crippen LogP contribution < -0.4 is 9.47 Å². The molecule has 0 radical (unpaired) electrons. The summed E-state index contributed by atoms with van der Waals surface area (Å²) in [6.45, 7) is 0.703. The van der Waals surface area contributed by atoms with Crippen molar-refractivity contribution in [3.63, 3.8) is 0 Å². The number of hydrogen-bond donors (Lipinski definition) is 0. The molecule has 1 aliphatic rings. The maximum atomic E-state index is 13.0. The molecule has 1 amide bonds. The molecule has 0 bridgehead atoms. The lowest BCUT2D eigenvalue weighted by atomic mass is 10.0. The van der Waals surface area contributed by atoms with Crippen LogP contribution in [0.5, 0.6) is 11.5 Å². The molecule has 166 valence electrons. The van der Waals surface area contributed by atoms with E-state index in [0.29, 0.717) is 46.5 Å². The zero-order valence-corrected chi connectivity index (χ0v) is 19.0. The lowest BCUT2D eigenvalue weighted by molar-refractivity contribution is -0.150. The number of likely N-dealkylation sites (tertiary alicyclic amines) is 1. The Hall–Kier alpha value is -2.44. The number of carbonyl (C=O) groups excluding carboxylic acids is 2. The molecule has 1 aliphatic heterocycles. The number of carbonyl (C=O) groups is 2. The smallest absolute Gasteiger partial charge is 0.328 e. The van der Waals surface area contributed by atoms with E-state index in [-0.39, 0.29) is 12.5 Å². The normalized spacial score (nSPS) is 16.0. The highest BCUT2D eigenvalue weighted by molar-refractivity contribution is 6.42. The third-order valence-electron chi connectivity index (χ3n) is 5.29. The van der Waals surface area contributed by atoms with E-state index in [4.69, 9.17) is 37.4 Å². The number of esters is 1. The summed E-state index contributed by atoms with van der Waals surface area (Å²) in [7, 11) is 3.15. The maximum absolute atomic E-state index is 13.0. The topological polar surface area (TPSA) is 65.1 Å². The minimum Gasteiger partial charge on any atom is -0.493 e. The summed E-state index contributed by atoms with van der Waals surface area (Å²) < 4.78 is 16.1. The highest BCUT2D eigenvalue weighted by Gasteiger charge is 2.33. The van der Waals surface area contributed by atoms with E-state index in [0.717, 1.165) is 18.4 Å². The van der Waals surface area contributed by atoms with Crippen LogP contribution in [0, 0.1) is 0 Å². The molecule has 0 saturated carbocycles. The average molecular weight is 466 g/mol. The SMILES string of the molecule is COc1ccc(CCOC(=O)C2CCCCN2C(=O)c2ccc(Cl)c(Cl)c2)cc1OC. The summed E-state index contributed by atoms with van der Waals surface area (Å²) in [4.78, 5) is 27.3. The van der Waals surface area contributed by atoms with Gasteiger partial charge in [0.2, 0.25) is 0 Å². The van der Waals surface area contributed by atoms with Gasteiger partial charge >= 0.3 is 5.97 Å². The first-order valence-corrected chi connectivity index (χ1v) is 10.8. The number of benzene rings is 2. The molecule has 1 saturated heterocycles. The van der Waals surface area contributed by atoms with Crippen LogP contribution in [0.3, 0.4) is 0 Å². The van der Waals surface area contributed by atoms with Gasteiger partial charge in [0, 0.05) is 18.5 Å². The maximum Gasteiger partial charge on any atom is 0.328 e. The third-order valence-corrected chi connectivity index (χ3v) is 6.02. The Labute approximate surface area is 192 Å². The minimum absolute atomic E-state index is 0.208. The molecular formula is C23H25Cl2NO5. The first-order chi connectivity index (χ1) is 14.9. The van der Waals surface area contributed by atoms with Gasteiger partial charge in [-0.05, 0) is 55.2 Å². The fourth-order valence-corrected chi connectivity index (χ4v) is 3.91. The van der Waals surface area contributed by atoms with Crippen LogP contribution in [0.4, 0.5) is 0 Å². The van der Waals surface area contributed by atoms with Gasteiger partial charge in [-0.1, -0.05) is 29.3 Å². The van der Waals surface area contributed by atoms with Gasteiger partial charge < -0.3 is 19.1 Å². The summed E-state index contributed by atoms with van der Waals surface area (Å²) in [5, 5.41) is 0.682. The molecule has 0 aromatic heterocycles. The highest BCUT2D eigenvalue weighted by atomic mass is 35.5. The molecule has 0 aliphatic carbocycles. The summed E-state index contributed by atoms with van der Waals surface area (Å²) in [5.74, 6) is 0.618. The standard InChI is InChI=1S/C23H25Cl2NO5/c1-29-20-9-6-15(13-21(20)30-2)10-12-31-23(28)19-5-3-4-11-26(19)22(27)16-7-8-17(24)18(25)14-16/h6-9,13-14,19H,3-5,10-12H2,1-2H3. The van der Waals surface area contributed by atoms with Gasteiger partial charge in [0.05, 0.1) is 30.9 Å². The van der Waals surface area contributed by atoms with Gasteiger partial charge in [0.1, 0.15) is 6.04 Å². The monoisotopic (exact) mass is 465 g/mol. The molecule has 2 aromatic rings. The first kappa shape index (κ1) is 23.2.